The van der Waals surface area contributed by atoms with Crippen molar-refractivity contribution in [2.75, 3.05) is 11.9 Å². The second-order valence-electron chi connectivity index (χ2n) is 4.62. The molecule has 106 valence electrons. The van der Waals surface area contributed by atoms with Gasteiger partial charge in [0, 0.05) is 29.4 Å². The first kappa shape index (κ1) is 14.8. The molecule has 0 aliphatic rings. The Morgan fingerprint density at radius 1 is 1.15 bits per heavy atom. The molecule has 0 bridgehead atoms. The molecule has 0 aromatic heterocycles. The molecule has 0 fully saturated rings. The zero-order valence-corrected chi connectivity index (χ0v) is 11.8. The molecule has 20 heavy (non-hydrogen) atoms. The second-order valence-corrected chi connectivity index (χ2v) is 5.05. The average molecular weight is 294 g/mol. The predicted octanol–water partition coefficient (Wildman–Crippen LogP) is 4.02. The predicted molar refractivity (Wildman–Crippen MR) is 80.6 cm³/mol. The van der Waals surface area contributed by atoms with Crippen LogP contribution in [-0.2, 0) is 13.0 Å². The summed E-state index contributed by atoms with van der Waals surface area (Å²) in [5, 5.41) is 12.5. The van der Waals surface area contributed by atoms with Gasteiger partial charge in [-0.05, 0) is 48.7 Å². The van der Waals surface area contributed by atoms with Crippen molar-refractivity contribution >= 4 is 17.3 Å². The summed E-state index contributed by atoms with van der Waals surface area (Å²) in [6.45, 7) is 0.571. The Bertz CT molecular complexity index is 574. The summed E-state index contributed by atoms with van der Waals surface area (Å²) < 4.78 is 13.6. The summed E-state index contributed by atoms with van der Waals surface area (Å²) in [5.41, 5.74) is 2.62. The molecule has 0 spiro atoms. The monoisotopic (exact) mass is 293 g/mol. The van der Waals surface area contributed by atoms with Gasteiger partial charge in [-0.15, -0.1) is 0 Å². The normalized spacial score (nSPS) is 10.6. The number of anilines is 1. The van der Waals surface area contributed by atoms with Gasteiger partial charge in [0.1, 0.15) is 5.82 Å². The van der Waals surface area contributed by atoms with E-state index in [1.54, 1.807) is 6.07 Å². The Morgan fingerprint density at radius 3 is 2.80 bits per heavy atom. The van der Waals surface area contributed by atoms with E-state index in [0.29, 0.717) is 17.1 Å². The zero-order chi connectivity index (χ0) is 14.4. The van der Waals surface area contributed by atoms with Gasteiger partial charge in [0.15, 0.2) is 0 Å². The minimum Gasteiger partial charge on any atom is -0.396 e. The molecule has 2 N–H and O–H groups in total. The quantitative estimate of drug-likeness (QED) is 0.843. The Hall–Kier alpha value is -1.58. The van der Waals surface area contributed by atoms with Crippen LogP contribution in [0.15, 0.2) is 42.5 Å². The standard InChI is InChI=1S/C16H17ClFNO/c17-14-6-7-16(18)13(10-14)11-19-15-5-1-3-12(9-15)4-2-8-20/h1,3,5-7,9-10,19-20H,2,4,8,11H2. The molecule has 0 atom stereocenters. The van der Waals surface area contributed by atoms with Gasteiger partial charge >= 0.3 is 0 Å². The number of hydrogen-bond acceptors (Lipinski definition) is 2. The van der Waals surface area contributed by atoms with Crippen LogP contribution in [-0.4, -0.2) is 11.7 Å². The van der Waals surface area contributed by atoms with Gasteiger partial charge in [-0.2, -0.15) is 0 Å². The molecule has 2 rings (SSSR count). The molecule has 2 nitrogen and oxygen atoms in total. The molecule has 2 aromatic carbocycles. The summed E-state index contributed by atoms with van der Waals surface area (Å²) in [6.07, 6.45) is 1.57. The average Bonchev–Trinajstić information content (AvgIpc) is 2.46. The van der Waals surface area contributed by atoms with Crippen molar-refractivity contribution in [2.24, 2.45) is 0 Å². The molecular weight excluding hydrogens is 277 g/mol. The summed E-state index contributed by atoms with van der Waals surface area (Å²) in [6, 6.07) is 12.4. The highest BCUT2D eigenvalue weighted by Crippen LogP contribution is 2.18. The lowest BCUT2D eigenvalue weighted by Crippen LogP contribution is -2.02. The van der Waals surface area contributed by atoms with Crippen LogP contribution >= 0.6 is 11.6 Å². The highest BCUT2D eigenvalue weighted by atomic mass is 35.5. The Kier molecular flexibility index (Phi) is 5.39. The number of aryl methyl sites for hydroxylation is 1. The summed E-state index contributed by atoms with van der Waals surface area (Å²) in [5.74, 6) is -0.265. The minimum atomic E-state index is -0.265. The lowest BCUT2D eigenvalue weighted by molar-refractivity contribution is 0.288. The first-order valence-corrected chi connectivity index (χ1v) is 6.94. The molecule has 0 saturated heterocycles. The Labute approximate surface area is 123 Å². The van der Waals surface area contributed by atoms with E-state index in [9.17, 15) is 4.39 Å². The van der Waals surface area contributed by atoms with E-state index < -0.39 is 0 Å². The van der Waals surface area contributed by atoms with Gasteiger partial charge in [-0.25, -0.2) is 4.39 Å². The van der Waals surface area contributed by atoms with E-state index in [1.807, 2.05) is 24.3 Å². The van der Waals surface area contributed by atoms with Gasteiger partial charge in [-0.1, -0.05) is 23.7 Å². The van der Waals surface area contributed by atoms with Gasteiger partial charge in [0.2, 0.25) is 0 Å². The fourth-order valence-corrected chi connectivity index (χ4v) is 2.19. The molecule has 0 amide bonds. The lowest BCUT2D eigenvalue weighted by atomic mass is 10.1. The topological polar surface area (TPSA) is 32.3 Å². The van der Waals surface area contributed by atoms with Crippen LogP contribution in [0.3, 0.4) is 0 Å². The maximum absolute atomic E-state index is 13.6. The van der Waals surface area contributed by atoms with Crippen molar-refractivity contribution in [1.82, 2.24) is 0 Å². The third kappa shape index (κ3) is 4.22. The summed E-state index contributed by atoms with van der Waals surface area (Å²) >= 11 is 5.86. The number of halogens is 2. The number of rotatable bonds is 6. The van der Waals surface area contributed by atoms with Crippen LogP contribution in [0.2, 0.25) is 5.02 Å². The number of hydrogen-bond donors (Lipinski definition) is 2. The summed E-state index contributed by atoms with van der Waals surface area (Å²) in [4.78, 5) is 0. The smallest absolute Gasteiger partial charge is 0.128 e. The van der Waals surface area contributed by atoms with Gasteiger partial charge in [-0.3, -0.25) is 0 Å². The van der Waals surface area contributed by atoms with E-state index in [0.717, 1.165) is 24.1 Å². The van der Waals surface area contributed by atoms with Crippen LogP contribution in [0.4, 0.5) is 10.1 Å². The maximum Gasteiger partial charge on any atom is 0.128 e. The Morgan fingerprint density at radius 2 is 2.00 bits per heavy atom. The van der Waals surface area contributed by atoms with E-state index >= 15 is 0 Å². The number of aliphatic hydroxyl groups excluding tert-OH is 1. The molecule has 0 heterocycles. The Balaban J connectivity index is 2.01. The minimum absolute atomic E-state index is 0.186. The molecule has 0 aliphatic heterocycles. The third-order valence-corrected chi connectivity index (χ3v) is 3.28. The van der Waals surface area contributed by atoms with Crippen molar-refractivity contribution in [3.8, 4) is 0 Å². The van der Waals surface area contributed by atoms with Gasteiger partial charge < -0.3 is 10.4 Å². The highest BCUT2D eigenvalue weighted by molar-refractivity contribution is 6.30. The van der Waals surface area contributed by atoms with Crippen molar-refractivity contribution < 1.29 is 9.50 Å². The fraction of sp³-hybridized carbons (Fsp3) is 0.250. The van der Waals surface area contributed by atoms with E-state index in [2.05, 4.69) is 5.32 Å². The van der Waals surface area contributed by atoms with E-state index in [4.69, 9.17) is 16.7 Å². The van der Waals surface area contributed by atoms with Crippen molar-refractivity contribution in [3.05, 3.63) is 64.4 Å². The van der Waals surface area contributed by atoms with Gasteiger partial charge in [0.25, 0.3) is 0 Å². The molecule has 4 heteroatoms. The van der Waals surface area contributed by atoms with Crippen molar-refractivity contribution in [2.45, 2.75) is 19.4 Å². The SMILES string of the molecule is OCCCc1cccc(NCc2cc(Cl)ccc2F)c1. The first-order chi connectivity index (χ1) is 9.69. The number of benzene rings is 2. The van der Waals surface area contributed by atoms with Crippen LogP contribution in [0.1, 0.15) is 17.5 Å². The molecule has 0 aliphatic carbocycles. The molecule has 0 unspecified atom stereocenters. The van der Waals surface area contributed by atoms with Crippen molar-refractivity contribution in [3.63, 3.8) is 0 Å². The van der Waals surface area contributed by atoms with Crippen LogP contribution in [0.25, 0.3) is 0 Å². The lowest BCUT2D eigenvalue weighted by Gasteiger charge is -2.09. The highest BCUT2D eigenvalue weighted by Gasteiger charge is 2.03. The summed E-state index contributed by atoms with van der Waals surface area (Å²) in [7, 11) is 0. The van der Waals surface area contributed by atoms with Crippen LogP contribution < -0.4 is 5.32 Å². The van der Waals surface area contributed by atoms with E-state index in [1.165, 1.54) is 12.1 Å². The third-order valence-electron chi connectivity index (χ3n) is 3.04. The largest absolute Gasteiger partial charge is 0.396 e. The molecular formula is C16H17ClFNO. The van der Waals surface area contributed by atoms with Crippen LogP contribution in [0, 0.1) is 5.82 Å². The van der Waals surface area contributed by atoms with E-state index in [-0.39, 0.29) is 12.4 Å². The maximum atomic E-state index is 13.6. The van der Waals surface area contributed by atoms with Crippen LogP contribution in [0.5, 0.6) is 0 Å². The number of aliphatic hydroxyl groups is 1. The molecule has 0 radical (unpaired) electrons. The zero-order valence-electron chi connectivity index (χ0n) is 11.1. The van der Waals surface area contributed by atoms with Gasteiger partial charge in [0.05, 0.1) is 0 Å². The fourth-order valence-electron chi connectivity index (χ4n) is 2.00. The molecule has 2 aromatic rings. The first-order valence-electron chi connectivity index (χ1n) is 6.56. The van der Waals surface area contributed by atoms with Crippen molar-refractivity contribution in [1.29, 1.82) is 0 Å². The number of nitrogens with one attached hydrogen (secondary N) is 1. The molecule has 0 saturated carbocycles. The second kappa shape index (κ2) is 7.27.